The van der Waals surface area contributed by atoms with Crippen LogP contribution in [-0.4, -0.2) is 53.3 Å². The Morgan fingerprint density at radius 3 is 2.69 bits per heavy atom. The number of anilines is 1. The van der Waals surface area contributed by atoms with Crippen molar-refractivity contribution in [3.8, 4) is 28.3 Å². The van der Waals surface area contributed by atoms with Crippen LogP contribution in [0.15, 0.2) is 73.2 Å². The van der Waals surface area contributed by atoms with Gasteiger partial charge in [0.15, 0.2) is 5.82 Å². The van der Waals surface area contributed by atoms with E-state index >= 15 is 0 Å². The molecular weight excluding hydrogens is 490 g/mol. The second-order valence-electron chi connectivity index (χ2n) is 9.45. The summed E-state index contributed by atoms with van der Waals surface area (Å²) in [7, 11) is 1.74. The zero-order valence-corrected chi connectivity index (χ0v) is 22.0. The summed E-state index contributed by atoms with van der Waals surface area (Å²) in [6.45, 7) is 5.81. The molecule has 5 heterocycles. The number of carbonyl (C=O) groups excluding carboxylic acids is 1. The van der Waals surface area contributed by atoms with Gasteiger partial charge in [-0.15, -0.1) is 9.90 Å². The average molecular weight is 518 g/mol. The molecule has 0 radical (unpaired) electrons. The molecule has 0 spiro atoms. The highest BCUT2D eigenvalue weighted by Gasteiger charge is 2.17. The molecule has 0 fully saturated rings. The molecule has 1 atom stereocenters. The van der Waals surface area contributed by atoms with Crippen molar-refractivity contribution < 1.29 is 4.79 Å². The van der Waals surface area contributed by atoms with Crippen LogP contribution in [0.25, 0.3) is 44.8 Å². The minimum atomic E-state index is -0.391. The Kier molecular flexibility index (Phi) is 6.08. The van der Waals surface area contributed by atoms with E-state index in [-0.39, 0.29) is 5.91 Å². The maximum absolute atomic E-state index is 12.7. The van der Waals surface area contributed by atoms with E-state index in [1.165, 1.54) is 4.80 Å². The number of amides is 1. The molecular formula is C29H27N9O. The van der Waals surface area contributed by atoms with E-state index in [4.69, 9.17) is 5.10 Å². The van der Waals surface area contributed by atoms with Crippen molar-refractivity contribution in [1.29, 1.82) is 0 Å². The summed E-state index contributed by atoms with van der Waals surface area (Å²) < 4.78 is 2.06. The molecule has 10 nitrogen and oxygen atoms in total. The highest BCUT2D eigenvalue weighted by atomic mass is 16.2. The van der Waals surface area contributed by atoms with Gasteiger partial charge in [0, 0.05) is 34.1 Å². The van der Waals surface area contributed by atoms with E-state index in [0.717, 1.165) is 44.6 Å². The number of hydrogen-bond acceptors (Lipinski definition) is 7. The monoisotopic (exact) mass is 517 g/mol. The largest absolute Gasteiger partial charge is 0.309 e. The molecule has 0 aliphatic carbocycles. The van der Waals surface area contributed by atoms with Crippen LogP contribution in [0.3, 0.4) is 0 Å². The standard InChI is InChI=1S/C29H27N9O/c1-17-6-5-7-27-32-16-25(37(17)27)22-13-26(35-29(39)19(3)30-4)34-28(14-22)38-33-15-24(36-38)21-8-9-23-18(2)31-11-10-20(23)12-21/h5-16,19,30H,1-4H3,(H,34,35,39). The van der Waals surface area contributed by atoms with Crippen molar-refractivity contribution in [2.45, 2.75) is 26.8 Å². The first-order valence-electron chi connectivity index (χ1n) is 12.6. The van der Waals surface area contributed by atoms with Crippen LogP contribution in [0.1, 0.15) is 18.3 Å². The molecule has 1 unspecified atom stereocenters. The number of pyridine rings is 3. The summed E-state index contributed by atoms with van der Waals surface area (Å²) in [4.78, 5) is 27.8. The molecule has 2 N–H and O–H groups in total. The number of benzene rings is 1. The zero-order valence-electron chi connectivity index (χ0n) is 22.0. The molecule has 6 aromatic rings. The molecule has 194 valence electrons. The lowest BCUT2D eigenvalue weighted by molar-refractivity contribution is -0.117. The van der Waals surface area contributed by atoms with Crippen molar-refractivity contribution in [2.24, 2.45) is 0 Å². The number of rotatable bonds is 6. The molecule has 5 aromatic heterocycles. The lowest BCUT2D eigenvalue weighted by Crippen LogP contribution is -2.35. The smallest absolute Gasteiger partial charge is 0.242 e. The summed E-state index contributed by atoms with van der Waals surface area (Å²) in [5.74, 6) is 0.665. The van der Waals surface area contributed by atoms with E-state index in [0.29, 0.717) is 17.3 Å². The van der Waals surface area contributed by atoms with Crippen molar-refractivity contribution >= 4 is 28.1 Å². The molecule has 10 heteroatoms. The summed E-state index contributed by atoms with van der Waals surface area (Å²) in [5.41, 5.74) is 6.18. The molecule has 0 aliphatic rings. The van der Waals surface area contributed by atoms with E-state index in [2.05, 4.69) is 47.2 Å². The maximum Gasteiger partial charge on any atom is 0.242 e. The number of hydrogen-bond donors (Lipinski definition) is 2. The molecule has 1 aromatic carbocycles. The third-order valence-electron chi connectivity index (χ3n) is 6.87. The Balaban J connectivity index is 1.44. The topological polar surface area (TPSA) is 115 Å². The molecule has 0 saturated carbocycles. The number of nitrogens with one attached hydrogen (secondary N) is 2. The summed E-state index contributed by atoms with van der Waals surface area (Å²) in [5, 5.41) is 17.3. The lowest BCUT2D eigenvalue weighted by atomic mass is 10.1. The molecule has 0 aliphatic heterocycles. The van der Waals surface area contributed by atoms with Crippen LogP contribution in [-0.2, 0) is 4.79 Å². The van der Waals surface area contributed by atoms with Gasteiger partial charge in [-0.1, -0.05) is 18.2 Å². The highest BCUT2D eigenvalue weighted by Crippen LogP contribution is 2.28. The second-order valence-corrected chi connectivity index (χ2v) is 9.45. The Labute approximate surface area is 224 Å². The van der Waals surface area contributed by atoms with Crippen LogP contribution in [0.5, 0.6) is 0 Å². The van der Waals surface area contributed by atoms with Crippen LogP contribution in [0, 0.1) is 13.8 Å². The molecule has 1 amide bonds. The summed E-state index contributed by atoms with van der Waals surface area (Å²) >= 11 is 0. The van der Waals surface area contributed by atoms with Gasteiger partial charge in [0.25, 0.3) is 0 Å². The second kappa shape index (κ2) is 9.73. The first-order chi connectivity index (χ1) is 18.9. The number of likely N-dealkylation sites (N-methyl/N-ethyl adjacent to an activating group) is 1. The van der Waals surface area contributed by atoms with E-state index in [9.17, 15) is 4.79 Å². The Morgan fingerprint density at radius 1 is 0.974 bits per heavy atom. The molecule has 0 bridgehead atoms. The van der Waals surface area contributed by atoms with Gasteiger partial charge in [0.05, 0.1) is 24.1 Å². The van der Waals surface area contributed by atoms with Gasteiger partial charge in [-0.2, -0.15) is 5.10 Å². The number of nitrogens with zero attached hydrogens (tertiary/aromatic N) is 7. The summed E-state index contributed by atoms with van der Waals surface area (Å²) in [6, 6.07) is 17.4. The van der Waals surface area contributed by atoms with Crippen molar-refractivity contribution in [1.82, 2.24) is 39.7 Å². The van der Waals surface area contributed by atoms with E-state index < -0.39 is 6.04 Å². The third-order valence-corrected chi connectivity index (χ3v) is 6.87. The number of fused-ring (bicyclic) bond motifs is 2. The quantitative estimate of drug-likeness (QED) is 0.337. The fraction of sp³-hybridized carbons (Fsp3) is 0.172. The van der Waals surface area contributed by atoms with Crippen molar-refractivity contribution in [3.05, 3.63) is 84.6 Å². The van der Waals surface area contributed by atoms with Crippen LogP contribution in [0.4, 0.5) is 5.82 Å². The molecule has 39 heavy (non-hydrogen) atoms. The maximum atomic E-state index is 12.7. The first kappa shape index (κ1) is 24.4. The normalized spacial score (nSPS) is 12.2. The number of imidazole rings is 1. The van der Waals surface area contributed by atoms with Gasteiger partial charge in [-0.05, 0) is 69.6 Å². The van der Waals surface area contributed by atoms with Gasteiger partial charge in [0.2, 0.25) is 5.91 Å². The van der Waals surface area contributed by atoms with Gasteiger partial charge in [-0.25, -0.2) is 9.97 Å². The van der Waals surface area contributed by atoms with Gasteiger partial charge >= 0.3 is 0 Å². The SMILES string of the molecule is CNC(C)C(=O)Nc1cc(-c2cnc3cccc(C)n23)cc(-n2ncc(-c3ccc4c(C)nccc4c3)n2)n1. The Hall–Kier alpha value is -4.96. The van der Waals surface area contributed by atoms with Gasteiger partial charge in [0.1, 0.15) is 17.2 Å². The zero-order chi connectivity index (χ0) is 27.1. The van der Waals surface area contributed by atoms with E-state index in [1.54, 1.807) is 26.4 Å². The Morgan fingerprint density at radius 2 is 1.85 bits per heavy atom. The van der Waals surface area contributed by atoms with Crippen LogP contribution >= 0.6 is 0 Å². The van der Waals surface area contributed by atoms with Crippen molar-refractivity contribution in [2.75, 3.05) is 12.4 Å². The number of aromatic nitrogens is 7. The van der Waals surface area contributed by atoms with E-state index in [1.807, 2.05) is 62.5 Å². The third kappa shape index (κ3) is 4.51. The molecule has 6 rings (SSSR count). The first-order valence-corrected chi connectivity index (χ1v) is 12.6. The van der Waals surface area contributed by atoms with Gasteiger partial charge in [-0.3, -0.25) is 14.2 Å². The lowest BCUT2D eigenvalue weighted by Gasteiger charge is -2.13. The average Bonchev–Trinajstić information content (AvgIpc) is 3.61. The highest BCUT2D eigenvalue weighted by molar-refractivity contribution is 5.94. The molecule has 0 saturated heterocycles. The van der Waals surface area contributed by atoms with Crippen LogP contribution < -0.4 is 10.6 Å². The van der Waals surface area contributed by atoms with Crippen molar-refractivity contribution in [3.63, 3.8) is 0 Å². The fourth-order valence-corrected chi connectivity index (χ4v) is 4.60. The number of aryl methyl sites for hydroxylation is 2. The van der Waals surface area contributed by atoms with Crippen LogP contribution in [0.2, 0.25) is 0 Å². The minimum Gasteiger partial charge on any atom is -0.309 e. The number of carbonyl (C=O) groups is 1. The van der Waals surface area contributed by atoms with Gasteiger partial charge < -0.3 is 10.6 Å². The summed E-state index contributed by atoms with van der Waals surface area (Å²) in [6.07, 6.45) is 5.33. The minimum absolute atomic E-state index is 0.197. The Bertz CT molecular complexity index is 1850. The predicted molar refractivity (Wildman–Crippen MR) is 151 cm³/mol. The predicted octanol–water partition coefficient (Wildman–Crippen LogP) is 4.36. The fourth-order valence-electron chi connectivity index (χ4n) is 4.60.